The highest BCUT2D eigenvalue weighted by molar-refractivity contribution is 7.12. The van der Waals surface area contributed by atoms with E-state index in [2.05, 4.69) is 5.10 Å². The van der Waals surface area contributed by atoms with E-state index in [4.69, 9.17) is 23.2 Å². The lowest BCUT2D eigenvalue weighted by Gasteiger charge is -2.21. The van der Waals surface area contributed by atoms with Crippen LogP contribution in [0.4, 0.5) is 0 Å². The molecule has 3 nitrogen and oxygen atoms in total. The van der Waals surface area contributed by atoms with Gasteiger partial charge in [-0.15, -0.1) is 22.9 Å². The van der Waals surface area contributed by atoms with Gasteiger partial charge >= 0.3 is 0 Å². The molecule has 1 atom stereocenters. The summed E-state index contributed by atoms with van der Waals surface area (Å²) in [5, 5.41) is 8.64. The fourth-order valence-corrected chi connectivity index (χ4v) is 3.31. The van der Waals surface area contributed by atoms with Crippen LogP contribution in [-0.2, 0) is 4.79 Å². The van der Waals surface area contributed by atoms with Crippen molar-refractivity contribution in [3.05, 3.63) is 57.2 Å². The van der Waals surface area contributed by atoms with Crippen LogP contribution in [-0.4, -0.2) is 22.5 Å². The van der Waals surface area contributed by atoms with Crippen LogP contribution in [0.25, 0.3) is 0 Å². The molecule has 3 rings (SSSR count). The number of hydrazone groups is 1. The smallest absolute Gasteiger partial charge is 0.258 e. The first kappa shape index (κ1) is 14.6. The zero-order chi connectivity index (χ0) is 14.8. The average molecular weight is 339 g/mol. The van der Waals surface area contributed by atoms with E-state index in [0.717, 1.165) is 16.2 Å². The van der Waals surface area contributed by atoms with E-state index in [1.54, 1.807) is 11.3 Å². The van der Waals surface area contributed by atoms with Gasteiger partial charge in [0.05, 0.1) is 16.6 Å². The second-order valence-corrected chi connectivity index (χ2v) is 6.32. The number of thiophene rings is 1. The highest BCUT2D eigenvalue weighted by atomic mass is 35.5. The Hall–Kier alpha value is -1.36. The Labute approximate surface area is 136 Å². The van der Waals surface area contributed by atoms with E-state index in [1.165, 1.54) is 5.01 Å². The van der Waals surface area contributed by atoms with E-state index in [0.29, 0.717) is 11.4 Å². The molecule has 0 unspecified atom stereocenters. The average Bonchev–Trinajstić information content (AvgIpc) is 3.16. The summed E-state index contributed by atoms with van der Waals surface area (Å²) in [5.74, 6) is -0.270. The van der Waals surface area contributed by atoms with Crippen molar-refractivity contribution < 1.29 is 4.79 Å². The van der Waals surface area contributed by atoms with E-state index < -0.39 is 0 Å². The molecule has 2 aromatic rings. The minimum absolute atomic E-state index is 0.0781. The highest BCUT2D eigenvalue weighted by Gasteiger charge is 2.32. The third-order valence-electron chi connectivity index (χ3n) is 3.34. The number of amides is 1. The Morgan fingerprint density at radius 3 is 2.71 bits per heavy atom. The number of carbonyl (C=O) groups is 1. The first-order valence-corrected chi connectivity index (χ1v) is 8.23. The number of benzene rings is 1. The minimum Gasteiger partial charge on any atom is -0.272 e. The highest BCUT2D eigenvalue weighted by Crippen LogP contribution is 2.34. The van der Waals surface area contributed by atoms with E-state index >= 15 is 0 Å². The number of rotatable bonds is 3. The third-order valence-corrected chi connectivity index (χ3v) is 4.74. The van der Waals surface area contributed by atoms with Crippen molar-refractivity contribution in [2.75, 3.05) is 5.88 Å². The van der Waals surface area contributed by atoms with Crippen LogP contribution in [0, 0.1) is 0 Å². The van der Waals surface area contributed by atoms with Gasteiger partial charge in [-0.05, 0) is 29.1 Å². The van der Waals surface area contributed by atoms with Crippen LogP contribution in [0.5, 0.6) is 0 Å². The molecule has 0 aliphatic carbocycles. The van der Waals surface area contributed by atoms with Crippen molar-refractivity contribution >= 4 is 46.2 Å². The maximum absolute atomic E-state index is 12.0. The molecule has 0 saturated heterocycles. The largest absolute Gasteiger partial charge is 0.272 e. The molecule has 6 heteroatoms. The van der Waals surface area contributed by atoms with Gasteiger partial charge in [0.25, 0.3) is 5.91 Å². The van der Waals surface area contributed by atoms with Gasteiger partial charge in [0, 0.05) is 11.4 Å². The summed E-state index contributed by atoms with van der Waals surface area (Å²) in [6, 6.07) is 11.4. The summed E-state index contributed by atoms with van der Waals surface area (Å²) in [7, 11) is 0. The minimum atomic E-state index is -0.192. The molecule has 0 saturated carbocycles. The normalized spacial score (nSPS) is 17.9. The monoisotopic (exact) mass is 338 g/mol. The molecule has 1 aliphatic rings. The zero-order valence-electron chi connectivity index (χ0n) is 11.0. The van der Waals surface area contributed by atoms with Crippen molar-refractivity contribution in [1.29, 1.82) is 0 Å². The van der Waals surface area contributed by atoms with Gasteiger partial charge in [0.2, 0.25) is 0 Å². The molecule has 108 valence electrons. The van der Waals surface area contributed by atoms with Crippen LogP contribution < -0.4 is 0 Å². The molecule has 0 radical (unpaired) electrons. The van der Waals surface area contributed by atoms with Gasteiger partial charge in [-0.25, -0.2) is 5.01 Å². The van der Waals surface area contributed by atoms with Crippen molar-refractivity contribution in [2.45, 2.75) is 12.5 Å². The number of hydrogen-bond acceptors (Lipinski definition) is 3. The van der Waals surface area contributed by atoms with Gasteiger partial charge in [-0.3, -0.25) is 4.79 Å². The Balaban J connectivity index is 1.93. The molecule has 21 heavy (non-hydrogen) atoms. The number of hydrogen-bond donors (Lipinski definition) is 0. The second kappa shape index (κ2) is 6.18. The van der Waals surface area contributed by atoms with Crippen molar-refractivity contribution in [1.82, 2.24) is 5.01 Å². The predicted octanol–water partition coefficient (Wildman–Crippen LogP) is 4.32. The summed E-state index contributed by atoms with van der Waals surface area (Å²) in [6.45, 7) is 0. The molecule has 1 aromatic heterocycles. The van der Waals surface area contributed by atoms with Gasteiger partial charge in [-0.2, -0.15) is 5.10 Å². The number of carbonyl (C=O) groups excluding carboxylic acids is 1. The van der Waals surface area contributed by atoms with E-state index in [-0.39, 0.29) is 17.8 Å². The Morgan fingerprint density at radius 2 is 2.10 bits per heavy atom. The Morgan fingerprint density at radius 1 is 1.33 bits per heavy atom. The first-order chi connectivity index (χ1) is 10.2. The fraction of sp³-hybridized carbons (Fsp3) is 0.200. The maximum Gasteiger partial charge on any atom is 0.258 e. The molecule has 1 aliphatic heterocycles. The fourth-order valence-electron chi connectivity index (χ4n) is 2.34. The van der Waals surface area contributed by atoms with Gasteiger partial charge in [-0.1, -0.05) is 29.8 Å². The van der Waals surface area contributed by atoms with E-state index in [1.807, 2.05) is 41.8 Å². The SMILES string of the molecule is O=C(CCl)N1N=C(c2cccs2)C[C@@H]1c1ccc(Cl)cc1. The van der Waals surface area contributed by atoms with Crippen LogP contribution in [0.15, 0.2) is 46.9 Å². The van der Waals surface area contributed by atoms with Gasteiger partial charge in [0.15, 0.2) is 0 Å². The third kappa shape index (κ3) is 2.98. The summed E-state index contributed by atoms with van der Waals surface area (Å²) in [5.41, 5.74) is 1.93. The predicted molar refractivity (Wildman–Crippen MR) is 87.2 cm³/mol. The molecular weight excluding hydrogens is 327 g/mol. The molecule has 1 aromatic carbocycles. The summed E-state index contributed by atoms with van der Waals surface area (Å²) in [6.07, 6.45) is 0.685. The lowest BCUT2D eigenvalue weighted by molar-refractivity contribution is -0.130. The second-order valence-electron chi connectivity index (χ2n) is 4.67. The van der Waals surface area contributed by atoms with Crippen molar-refractivity contribution in [3.63, 3.8) is 0 Å². The topological polar surface area (TPSA) is 32.7 Å². The molecule has 0 spiro atoms. The lowest BCUT2D eigenvalue weighted by Crippen LogP contribution is -2.27. The van der Waals surface area contributed by atoms with Crippen LogP contribution in [0.1, 0.15) is 22.9 Å². The van der Waals surface area contributed by atoms with Crippen molar-refractivity contribution in [2.24, 2.45) is 5.10 Å². The number of halogens is 2. The van der Waals surface area contributed by atoms with Gasteiger partial charge < -0.3 is 0 Å². The van der Waals surface area contributed by atoms with Crippen LogP contribution >= 0.6 is 34.5 Å². The van der Waals surface area contributed by atoms with Gasteiger partial charge in [0.1, 0.15) is 5.88 Å². The maximum atomic E-state index is 12.0. The molecule has 0 bridgehead atoms. The Kier molecular flexibility index (Phi) is 4.29. The summed E-state index contributed by atoms with van der Waals surface area (Å²) in [4.78, 5) is 13.1. The van der Waals surface area contributed by atoms with E-state index in [9.17, 15) is 4.79 Å². The summed E-state index contributed by atoms with van der Waals surface area (Å²) >= 11 is 13.2. The summed E-state index contributed by atoms with van der Waals surface area (Å²) < 4.78 is 0. The Bertz CT molecular complexity index is 667. The standard InChI is InChI=1S/C15H12Cl2N2OS/c16-9-15(20)19-13(10-3-5-11(17)6-4-10)8-12(18-19)14-2-1-7-21-14/h1-7,13H,8-9H2/t13-/m1/s1. The van der Waals surface area contributed by atoms with Crippen molar-refractivity contribution in [3.8, 4) is 0 Å². The van der Waals surface area contributed by atoms with Crippen LogP contribution in [0.3, 0.4) is 0 Å². The lowest BCUT2D eigenvalue weighted by atomic mass is 10.0. The molecule has 0 fully saturated rings. The molecule has 1 amide bonds. The zero-order valence-corrected chi connectivity index (χ0v) is 13.3. The molecule has 0 N–H and O–H groups in total. The van der Waals surface area contributed by atoms with Crippen LogP contribution in [0.2, 0.25) is 5.02 Å². The number of alkyl halides is 1. The first-order valence-electron chi connectivity index (χ1n) is 6.44. The molecule has 2 heterocycles. The molecular formula is C15H12Cl2N2OS. The quantitative estimate of drug-likeness (QED) is 0.767. The number of nitrogens with zero attached hydrogens (tertiary/aromatic N) is 2.